The fourth-order valence-corrected chi connectivity index (χ4v) is 1.29. The van der Waals surface area contributed by atoms with E-state index in [9.17, 15) is 0 Å². The van der Waals surface area contributed by atoms with Gasteiger partial charge in [0.1, 0.15) is 11.9 Å². The molecule has 1 radical (unpaired) electrons. The number of hydrogen-bond acceptors (Lipinski definition) is 3. The van der Waals surface area contributed by atoms with Crippen molar-refractivity contribution in [2.75, 3.05) is 12.8 Å². The van der Waals surface area contributed by atoms with Crippen molar-refractivity contribution in [3.8, 4) is 0 Å². The Morgan fingerprint density at radius 1 is 1.56 bits per heavy atom. The molecule has 0 saturated heterocycles. The molecule has 9 heavy (non-hydrogen) atoms. The smallest absolute Gasteiger partial charge is 0.105 e. The van der Waals surface area contributed by atoms with Gasteiger partial charge in [0, 0.05) is 12.8 Å². The summed E-state index contributed by atoms with van der Waals surface area (Å²) in [5.74, 6) is 0. The summed E-state index contributed by atoms with van der Waals surface area (Å²) < 4.78 is 2.14. The first-order valence-electron chi connectivity index (χ1n) is 3.29. The zero-order valence-electron chi connectivity index (χ0n) is 6.64. The first-order chi connectivity index (χ1) is 4.22. The van der Waals surface area contributed by atoms with Gasteiger partial charge in [-0.05, 0) is 25.2 Å². The van der Waals surface area contributed by atoms with Crippen molar-refractivity contribution in [3.05, 3.63) is 0 Å². The standard InChI is InChI=1S/C6H16N2S/c1-5-7-8(9-4)6(2)3/h6-7H,5H2,1-4H3/q+1. The molecule has 0 heterocycles. The molecule has 0 amide bonds. The van der Waals surface area contributed by atoms with Crippen LogP contribution in [-0.4, -0.2) is 18.8 Å². The Bertz CT molecular complexity index is 66.1. The number of hydrogen-bond donors (Lipinski definition) is 1. The Morgan fingerprint density at radius 2 is 2.11 bits per heavy atom. The number of nitrogens with one attached hydrogen (secondary N) is 1. The quantitative estimate of drug-likeness (QED) is 0.368. The zero-order chi connectivity index (χ0) is 7.28. The minimum atomic E-state index is 0.569. The SMILES string of the molecule is CCN[N+](SC)C(C)C. The summed E-state index contributed by atoms with van der Waals surface area (Å²) in [7, 11) is 0. The highest BCUT2D eigenvalue weighted by atomic mass is 32.2. The van der Waals surface area contributed by atoms with Crippen LogP contribution in [0.15, 0.2) is 0 Å². The third kappa shape index (κ3) is 3.78. The Hall–Kier alpha value is 0.270. The molecule has 0 saturated carbocycles. The summed E-state index contributed by atoms with van der Waals surface area (Å²) in [5, 5.41) is 0. The molecule has 0 atom stereocenters. The Balaban J connectivity index is 3.41. The van der Waals surface area contributed by atoms with Crippen molar-refractivity contribution in [3.63, 3.8) is 0 Å². The van der Waals surface area contributed by atoms with Crippen LogP contribution < -0.4 is 9.84 Å². The largest absolute Gasteiger partial charge is 0.162 e. The van der Waals surface area contributed by atoms with E-state index in [1.165, 1.54) is 0 Å². The van der Waals surface area contributed by atoms with E-state index in [0.717, 1.165) is 6.54 Å². The maximum absolute atomic E-state index is 3.23. The highest BCUT2D eigenvalue weighted by Crippen LogP contribution is 2.00. The Kier molecular flexibility index (Phi) is 5.24. The minimum Gasteiger partial charge on any atom is -0.105 e. The Morgan fingerprint density at radius 3 is 2.22 bits per heavy atom. The van der Waals surface area contributed by atoms with Gasteiger partial charge in [-0.15, -0.1) is 5.43 Å². The molecule has 55 valence electrons. The van der Waals surface area contributed by atoms with Crippen molar-refractivity contribution >= 4 is 11.9 Å². The van der Waals surface area contributed by atoms with Crippen LogP contribution in [0.3, 0.4) is 0 Å². The lowest BCUT2D eigenvalue weighted by Crippen LogP contribution is -2.42. The summed E-state index contributed by atoms with van der Waals surface area (Å²) in [6.45, 7) is 7.43. The van der Waals surface area contributed by atoms with Gasteiger partial charge in [-0.3, -0.25) is 0 Å². The van der Waals surface area contributed by atoms with Crippen LogP contribution in [0.5, 0.6) is 0 Å². The van der Waals surface area contributed by atoms with E-state index in [1.807, 2.05) is 0 Å². The van der Waals surface area contributed by atoms with Gasteiger partial charge < -0.3 is 0 Å². The number of rotatable bonds is 4. The summed E-state index contributed by atoms with van der Waals surface area (Å²) in [5.41, 5.74) is 3.23. The Labute approximate surface area is 62.1 Å². The average molecular weight is 148 g/mol. The molecular formula is C6H16N2S+. The maximum Gasteiger partial charge on any atom is 0.162 e. The van der Waals surface area contributed by atoms with Gasteiger partial charge in [-0.25, -0.2) is 0 Å². The van der Waals surface area contributed by atoms with Crippen LogP contribution in [0.1, 0.15) is 20.8 Å². The van der Waals surface area contributed by atoms with Gasteiger partial charge in [-0.2, -0.15) is 0 Å². The lowest BCUT2D eigenvalue weighted by molar-refractivity contribution is 0.421. The van der Waals surface area contributed by atoms with Crippen LogP contribution in [-0.2, 0) is 0 Å². The predicted octanol–water partition coefficient (Wildman–Crippen LogP) is 1.34. The molecule has 2 nitrogen and oxygen atoms in total. The molecule has 0 unspecified atom stereocenters. The molecule has 1 N–H and O–H groups in total. The molecule has 0 aromatic heterocycles. The van der Waals surface area contributed by atoms with E-state index in [0.29, 0.717) is 6.04 Å². The van der Waals surface area contributed by atoms with E-state index in [1.54, 1.807) is 11.9 Å². The molecule has 0 aliphatic heterocycles. The monoisotopic (exact) mass is 148 g/mol. The number of hydrazine groups is 1. The third-order valence-corrected chi connectivity index (χ3v) is 1.92. The van der Waals surface area contributed by atoms with Crippen LogP contribution in [0.2, 0.25) is 0 Å². The van der Waals surface area contributed by atoms with Crippen LogP contribution in [0.25, 0.3) is 0 Å². The lowest BCUT2D eigenvalue weighted by atomic mass is 10.4. The predicted molar refractivity (Wildman–Crippen MR) is 44.5 cm³/mol. The molecule has 0 aromatic rings. The first-order valence-corrected chi connectivity index (χ1v) is 4.47. The van der Waals surface area contributed by atoms with E-state index < -0.39 is 0 Å². The van der Waals surface area contributed by atoms with Gasteiger partial charge in [0.2, 0.25) is 0 Å². The number of nitrogens with zero attached hydrogens (tertiary/aromatic N) is 1. The highest BCUT2D eigenvalue weighted by molar-refractivity contribution is 7.97. The van der Waals surface area contributed by atoms with Crippen molar-refractivity contribution < 1.29 is 0 Å². The van der Waals surface area contributed by atoms with Crippen molar-refractivity contribution in [1.29, 1.82) is 0 Å². The molecule has 0 rings (SSSR count). The van der Waals surface area contributed by atoms with Crippen molar-refractivity contribution in [2.24, 2.45) is 0 Å². The topological polar surface area (TPSA) is 17.9 Å². The summed E-state index contributed by atoms with van der Waals surface area (Å²) in [4.78, 5) is 0. The molecule has 0 bridgehead atoms. The summed E-state index contributed by atoms with van der Waals surface area (Å²) in [6.07, 6.45) is 2.07. The van der Waals surface area contributed by atoms with Gasteiger partial charge in [0.05, 0.1) is 0 Å². The van der Waals surface area contributed by atoms with Crippen molar-refractivity contribution in [1.82, 2.24) is 9.84 Å². The summed E-state index contributed by atoms with van der Waals surface area (Å²) >= 11 is 1.72. The minimum absolute atomic E-state index is 0.569. The normalized spacial score (nSPS) is 11.3. The van der Waals surface area contributed by atoms with Gasteiger partial charge in [-0.1, -0.05) is 0 Å². The molecule has 0 spiro atoms. The van der Waals surface area contributed by atoms with Crippen LogP contribution >= 0.6 is 11.9 Å². The molecule has 0 aliphatic rings. The zero-order valence-corrected chi connectivity index (χ0v) is 7.46. The first kappa shape index (κ1) is 9.27. The van der Waals surface area contributed by atoms with E-state index >= 15 is 0 Å². The second-order valence-corrected chi connectivity index (χ2v) is 2.87. The highest BCUT2D eigenvalue weighted by Gasteiger charge is 2.17. The molecule has 3 heteroatoms. The fraction of sp³-hybridized carbons (Fsp3) is 1.00. The second kappa shape index (κ2) is 5.09. The van der Waals surface area contributed by atoms with E-state index in [2.05, 4.69) is 36.9 Å². The van der Waals surface area contributed by atoms with Gasteiger partial charge in [0.15, 0.2) is 6.04 Å². The summed E-state index contributed by atoms with van der Waals surface area (Å²) in [6, 6.07) is 0.569. The van der Waals surface area contributed by atoms with Gasteiger partial charge >= 0.3 is 0 Å². The lowest BCUT2D eigenvalue weighted by Gasteiger charge is -2.08. The van der Waals surface area contributed by atoms with Crippen molar-refractivity contribution in [2.45, 2.75) is 26.8 Å². The molecular weight excluding hydrogens is 132 g/mol. The second-order valence-electron chi connectivity index (χ2n) is 2.11. The fourth-order valence-electron chi connectivity index (χ4n) is 0.614. The molecule has 0 fully saturated rings. The van der Waals surface area contributed by atoms with E-state index in [4.69, 9.17) is 0 Å². The van der Waals surface area contributed by atoms with E-state index in [-0.39, 0.29) is 0 Å². The maximum atomic E-state index is 3.23. The van der Waals surface area contributed by atoms with Crippen LogP contribution in [0, 0.1) is 0 Å². The molecule has 0 aliphatic carbocycles. The average Bonchev–Trinajstić information content (AvgIpc) is 1.82. The molecule has 0 aromatic carbocycles. The van der Waals surface area contributed by atoms with Gasteiger partial charge in [0.25, 0.3) is 0 Å². The third-order valence-electron chi connectivity index (χ3n) is 0.980. The van der Waals surface area contributed by atoms with Crippen LogP contribution in [0.4, 0.5) is 0 Å².